The molecule has 1 amide bonds. The molecular formula is C13H16N4O2. The van der Waals surface area contributed by atoms with Gasteiger partial charge in [0.1, 0.15) is 5.75 Å². The van der Waals surface area contributed by atoms with Gasteiger partial charge < -0.3 is 10.1 Å². The largest absolute Gasteiger partial charge is 0.496 e. The van der Waals surface area contributed by atoms with Crippen LogP contribution < -0.4 is 10.1 Å². The number of benzene rings is 1. The SMILES string of the molecule is COc1ccccc1CCC(=O)Nc1cn(C)nn1. The molecule has 6 heteroatoms. The molecule has 1 aromatic heterocycles. The van der Waals surface area contributed by atoms with Crippen LogP contribution in [0.2, 0.25) is 0 Å². The Morgan fingerprint density at radius 3 is 2.89 bits per heavy atom. The Morgan fingerprint density at radius 1 is 1.42 bits per heavy atom. The molecule has 1 heterocycles. The van der Waals surface area contributed by atoms with E-state index in [1.54, 1.807) is 20.4 Å². The maximum Gasteiger partial charge on any atom is 0.225 e. The number of anilines is 1. The van der Waals surface area contributed by atoms with Gasteiger partial charge in [-0.3, -0.25) is 9.48 Å². The van der Waals surface area contributed by atoms with Gasteiger partial charge in [-0.1, -0.05) is 23.4 Å². The summed E-state index contributed by atoms with van der Waals surface area (Å²) in [4.78, 5) is 11.8. The molecule has 0 atom stereocenters. The first-order chi connectivity index (χ1) is 9.19. The second kappa shape index (κ2) is 5.99. The Bertz CT molecular complexity index is 565. The van der Waals surface area contributed by atoms with E-state index in [-0.39, 0.29) is 5.91 Å². The fourth-order valence-electron chi connectivity index (χ4n) is 1.77. The molecule has 1 aromatic carbocycles. The zero-order valence-electron chi connectivity index (χ0n) is 11.0. The number of para-hydroxylation sites is 1. The van der Waals surface area contributed by atoms with Crippen molar-refractivity contribution in [2.75, 3.05) is 12.4 Å². The van der Waals surface area contributed by atoms with Crippen molar-refractivity contribution >= 4 is 11.7 Å². The maximum absolute atomic E-state index is 11.8. The number of hydrogen-bond acceptors (Lipinski definition) is 4. The normalized spacial score (nSPS) is 10.2. The van der Waals surface area contributed by atoms with E-state index >= 15 is 0 Å². The standard InChI is InChI=1S/C13H16N4O2/c1-17-9-12(15-16-17)14-13(18)8-7-10-5-3-4-6-11(10)19-2/h3-6,9H,7-8H2,1-2H3,(H,14,18). The second-order valence-corrected chi connectivity index (χ2v) is 4.14. The number of nitrogens with one attached hydrogen (secondary N) is 1. The molecule has 0 saturated heterocycles. The second-order valence-electron chi connectivity index (χ2n) is 4.14. The summed E-state index contributed by atoms with van der Waals surface area (Å²) in [7, 11) is 3.37. The van der Waals surface area contributed by atoms with E-state index in [0.29, 0.717) is 18.7 Å². The minimum absolute atomic E-state index is 0.0913. The highest BCUT2D eigenvalue weighted by Gasteiger charge is 2.08. The maximum atomic E-state index is 11.8. The Kier molecular flexibility index (Phi) is 4.12. The number of methoxy groups -OCH3 is 1. The van der Waals surface area contributed by atoms with E-state index in [0.717, 1.165) is 11.3 Å². The van der Waals surface area contributed by atoms with E-state index in [1.165, 1.54) is 4.68 Å². The first kappa shape index (κ1) is 13.1. The monoisotopic (exact) mass is 260 g/mol. The van der Waals surface area contributed by atoms with Crippen LogP contribution in [-0.2, 0) is 18.3 Å². The number of aromatic nitrogens is 3. The van der Waals surface area contributed by atoms with Crippen LogP contribution in [0, 0.1) is 0 Å². The molecule has 1 N–H and O–H groups in total. The van der Waals surface area contributed by atoms with Crippen molar-refractivity contribution < 1.29 is 9.53 Å². The van der Waals surface area contributed by atoms with Gasteiger partial charge in [-0.15, -0.1) is 5.10 Å². The van der Waals surface area contributed by atoms with Crippen molar-refractivity contribution in [2.24, 2.45) is 7.05 Å². The summed E-state index contributed by atoms with van der Waals surface area (Å²) in [5.74, 6) is 1.17. The quantitative estimate of drug-likeness (QED) is 0.882. The number of carbonyl (C=O) groups excluding carboxylic acids is 1. The highest BCUT2D eigenvalue weighted by atomic mass is 16.5. The zero-order chi connectivity index (χ0) is 13.7. The average molecular weight is 260 g/mol. The van der Waals surface area contributed by atoms with Crippen LogP contribution in [0.1, 0.15) is 12.0 Å². The summed E-state index contributed by atoms with van der Waals surface area (Å²) in [5, 5.41) is 10.2. The fraction of sp³-hybridized carbons (Fsp3) is 0.308. The van der Waals surface area contributed by atoms with Crippen LogP contribution in [-0.4, -0.2) is 28.0 Å². The van der Waals surface area contributed by atoms with Crippen LogP contribution in [0.5, 0.6) is 5.75 Å². The lowest BCUT2D eigenvalue weighted by Crippen LogP contribution is -2.12. The molecule has 2 aromatic rings. The smallest absolute Gasteiger partial charge is 0.225 e. The van der Waals surface area contributed by atoms with Gasteiger partial charge >= 0.3 is 0 Å². The van der Waals surface area contributed by atoms with E-state index in [4.69, 9.17) is 4.74 Å². The molecule has 0 radical (unpaired) electrons. The van der Waals surface area contributed by atoms with Gasteiger partial charge in [0.05, 0.1) is 13.3 Å². The highest BCUT2D eigenvalue weighted by molar-refractivity contribution is 5.89. The summed E-state index contributed by atoms with van der Waals surface area (Å²) in [6.07, 6.45) is 2.65. The van der Waals surface area contributed by atoms with Gasteiger partial charge in [0.2, 0.25) is 5.91 Å². The highest BCUT2D eigenvalue weighted by Crippen LogP contribution is 2.18. The molecule has 0 unspecified atom stereocenters. The van der Waals surface area contributed by atoms with Crippen molar-refractivity contribution in [3.63, 3.8) is 0 Å². The lowest BCUT2D eigenvalue weighted by atomic mass is 10.1. The number of aryl methyl sites for hydroxylation is 2. The van der Waals surface area contributed by atoms with Crippen molar-refractivity contribution in [2.45, 2.75) is 12.8 Å². The van der Waals surface area contributed by atoms with Crippen LogP contribution in [0.15, 0.2) is 30.5 Å². The summed E-state index contributed by atoms with van der Waals surface area (Å²) in [6.45, 7) is 0. The number of rotatable bonds is 5. The van der Waals surface area contributed by atoms with Gasteiger partial charge in [-0.2, -0.15) is 0 Å². The molecule has 0 fully saturated rings. The van der Waals surface area contributed by atoms with Crippen LogP contribution in [0.3, 0.4) is 0 Å². The summed E-state index contributed by atoms with van der Waals surface area (Å²) >= 11 is 0. The molecule has 6 nitrogen and oxygen atoms in total. The van der Waals surface area contributed by atoms with Crippen molar-refractivity contribution in [3.8, 4) is 5.75 Å². The lowest BCUT2D eigenvalue weighted by molar-refractivity contribution is -0.116. The third-order valence-corrected chi connectivity index (χ3v) is 2.68. The van der Waals surface area contributed by atoms with Crippen LogP contribution >= 0.6 is 0 Å². The van der Waals surface area contributed by atoms with E-state index in [2.05, 4.69) is 15.6 Å². The van der Waals surface area contributed by atoms with Gasteiger partial charge in [-0.25, -0.2) is 0 Å². The number of amides is 1. The molecular weight excluding hydrogens is 244 g/mol. The zero-order valence-corrected chi connectivity index (χ0v) is 11.0. The van der Waals surface area contributed by atoms with Crippen molar-refractivity contribution in [1.82, 2.24) is 15.0 Å². The minimum Gasteiger partial charge on any atom is -0.496 e. The van der Waals surface area contributed by atoms with Crippen molar-refractivity contribution in [3.05, 3.63) is 36.0 Å². The molecule has 0 aliphatic rings. The Labute approximate surface area is 111 Å². The number of carbonyl (C=O) groups is 1. The van der Waals surface area contributed by atoms with Crippen LogP contribution in [0.25, 0.3) is 0 Å². The molecule has 0 bridgehead atoms. The van der Waals surface area contributed by atoms with E-state index in [1.807, 2.05) is 24.3 Å². The first-order valence-electron chi connectivity index (χ1n) is 5.97. The molecule has 0 spiro atoms. The molecule has 0 saturated carbocycles. The topological polar surface area (TPSA) is 69.0 Å². The third kappa shape index (κ3) is 3.54. The van der Waals surface area contributed by atoms with E-state index < -0.39 is 0 Å². The fourth-order valence-corrected chi connectivity index (χ4v) is 1.77. The molecule has 100 valence electrons. The summed E-state index contributed by atoms with van der Waals surface area (Å²) < 4.78 is 6.78. The lowest BCUT2D eigenvalue weighted by Gasteiger charge is -2.07. The first-order valence-corrected chi connectivity index (χ1v) is 5.97. The minimum atomic E-state index is -0.0913. The summed E-state index contributed by atoms with van der Waals surface area (Å²) in [5.41, 5.74) is 1.01. The Hall–Kier alpha value is -2.37. The molecule has 2 rings (SSSR count). The number of ether oxygens (including phenoxy) is 1. The van der Waals surface area contributed by atoms with Gasteiger partial charge in [-0.05, 0) is 18.1 Å². The molecule has 0 aliphatic carbocycles. The predicted octanol–water partition coefficient (Wildman–Crippen LogP) is 1.39. The average Bonchev–Trinajstić information content (AvgIpc) is 2.82. The number of hydrogen-bond donors (Lipinski definition) is 1. The summed E-state index contributed by atoms with van der Waals surface area (Å²) in [6, 6.07) is 7.67. The Balaban J connectivity index is 1.89. The molecule has 0 aliphatic heterocycles. The van der Waals surface area contributed by atoms with E-state index in [9.17, 15) is 4.79 Å². The van der Waals surface area contributed by atoms with Crippen LogP contribution in [0.4, 0.5) is 5.82 Å². The Morgan fingerprint density at radius 2 is 2.21 bits per heavy atom. The van der Waals surface area contributed by atoms with Gasteiger partial charge in [0.15, 0.2) is 5.82 Å². The predicted molar refractivity (Wildman–Crippen MR) is 70.9 cm³/mol. The third-order valence-electron chi connectivity index (χ3n) is 2.68. The number of nitrogens with zero attached hydrogens (tertiary/aromatic N) is 3. The molecule has 19 heavy (non-hydrogen) atoms. The van der Waals surface area contributed by atoms with Gasteiger partial charge in [0, 0.05) is 13.5 Å². The van der Waals surface area contributed by atoms with Crippen molar-refractivity contribution in [1.29, 1.82) is 0 Å². The van der Waals surface area contributed by atoms with Gasteiger partial charge in [0.25, 0.3) is 0 Å².